The molecule has 0 atom stereocenters. The van der Waals surface area contributed by atoms with E-state index in [-0.39, 0.29) is 5.91 Å². The Bertz CT molecular complexity index is 431. The molecule has 0 bridgehead atoms. The fourth-order valence-electron chi connectivity index (χ4n) is 2.01. The zero-order valence-electron chi connectivity index (χ0n) is 12.6. The number of aromatic nitrogens is 1. The third-order valence-corrected chi connectivity index (χ3v) is 3.34. The van der Waals surface area contributed by atoms with Crippen molar-refractivity contribution in [3.05, 3.63) is 22.3 Å². The van der Waals surface area contributed by atoms with Crippen LogP contribution in [-0.2, 0) is 0 Å². The van der Waals surface area contributed by atoms with Gasteiger partial charge in [0.15, 0.2) is 0 Å². The molecule has 0 radical (unpaired) electrons. The highest BCUT2D eigenvalue weighted by Crippen LogP contribution is 2.20. The van der Waals surface area contributed by atoms with E-state index in [0.717, 1.165) is 43.4 Å². The first-order valence-corrected chi connectivity index (χ1v) is 8.11. The average molecular weight is 342 g/mol. The van der Waals surface area contributed by atoms with E-state index in [1.807, 2.05) is 11.0 Å². The molecule has 0 aromatic carbocycles. The quantitative estimate of drug-likeness (QED) is 0.779. The number of amides is 1. The SMILES string of the molecule is CCCNc1ncc(Br)cc1C(=O)N(CCC)CCC. The Hall–Kier alpha value is -1.10. The minimum absolute atomic E-state index is 0.0566. The van der Waals surface area contributed by atoms with Gasteiger partial charge in [0.1, 0.15) is 5.82 Å². The summed E-state index contributed by atoms with van der Waals surface area (Å²) in [7, 11) is 0. The molecule has 1 amide bonds. The molecule has 0 unspecified atom stereocenters. The van der Waals surface area contributed by atoms with Crippen molar-refractivity contribution in [1.29, 1.82) is 0 Å². The van der Waals surface area contributed by atoms with Crippen LogP contribution in [0.1, 0.15) is 50.4 Å². The topological polar surface area (TPSA) is 45.2 Å². The molecule has 0 spiro atoms. The fourth-order valence-corrected chi connectivity index (χ4v) is 2.34. The molecule has 0 fully saturated rings. The van der Waals surface area contributed by atoms with E-state index in [9.17, 15) is 4.79 Å². The number of halogens is 1. The number of carbonyl (C=O) groups excluding carboxylic acids is 1. The highest BCUT2D eigenvalue weighted by molar-refractivity contribution is 9.10. The minimum Gasteiger partial charge on any atom is -0.369 e. The van der Waals surface area contributed by atoms with Gasteiger partial charge in [0.25, 0.3) is 5.91 Å². The molecule has 5 heteroatoms. The van der Waals surface area contributed by atoms with Crippen LogP contribution in [0.25, 0.3) is 0 Å². The second-order valence-electron chi connectivity index (χ2n) is 4.77. The van der Waals surface area contributed by atoms with Gasteiger partial charge in [-0.15, -0.1) is 0 Å². The second kappa shape index (κ2) is 8.95. The molecular formula is C15H24BrN3O. The Balaban J connectivity index is 3.01. The molecule has 1 heterocycles. The standard InChI is InChI=1S/C15H24BrN3O/c1-4-7-17-14-13(10-12(16)11-18-14)15(20)19(8-5-2)9-6-3/h10-11H,4-9H2,1-3H3,(H,17,18). The van der Waals surface area contributed by atoms with Crippen LogP contribution in [0.5, 0.6) is 0 Å². The van der Waals surface area contributed by atoms with Crippen molar-refractivity contribution >= 4 is 27.7 Å². The van der Waals surface area contributed by atoms with E-state index in [4.69, 9.17) is 0 Å². The highest BCUT2D eigenvalue weighted by atomic mass is 79.9. The smallest absolute Gasteiger partial charge is 0.257 e. The molecule has 0 aliphatic heterocycles. The third-order valence-electron chi connectivity index (χ3n) is 2.90. The van der Waals surface area contributed by atoms with Gasteiger partial charge in [0.05, 0.1) is 5.56 Å². The predicted molar refractivity (Wildman–Crippen MR) is 87.2 cm³/mol. The van der Waals surface area contributed by atoms with E-state index in [1.165, 1.54) is 0 Å². The largest absolute Gasteiger partial charge is 0.369 e. The van der Waals surface area contributed by atoms with E-state index >= 15 is 0 Å². The lowest BCUT2D eigenvalue weighted by molar-refractivity contribution is 0.0756. The summed E-state index contributed by atoms with van der Waals surface area (Å²) in [4.78, 5) is 18.9. The van der Waals surface area contributed by atoms with Gasteiger partial charge in [0, 0.05) is 30.3 Å². The van der Waals surface area contributed by atoms with Crippen molar-refractivity contribution in [2.45, 2.75) is 40.0 Å². The number of hydrogen-bond donors (Lipinski definition) is 1. The first-order valence-electron chi connectivity index (χ1n) is 7.32. The van der Waals surface area contributed by atoms with Crippen molar-refractivity contribution in [2.24, 2.45) is 0 Å². The van der Waals surface area contributed by atoms with Crippen molar-refractivity contribution in [3.63, 3.8) is 0 Å². The summed E-state index contributed by atoms with van der Waals surface area (Å²) in [5.41, 5.74) is 0.648. The molecular weight excluding hydrogens is 318 g/mol. The predicted octanol–water partition coefficient (Wildman–Crippen LogP) is 3.93. The summed E-state index contributed by atoms with van der Waals surface area (Å²) >= 11 is 3.40. The van der Waals surface area contributed by atoms with Gasteiger partial charge in [-0.1, -0.05) is 20.8 Å². The molecule has 112 valence electrons. The van der Waals surface area contributed by atoms with Crippen LogP contribution in [0, 0.1) is 0 Å². The number of hydrogen-bond acceptors (Lipinski definition) is 3. The van der Waals surface area contributed by atoms with Gasteiger partial charge in [-0.2, -0.15) is 0 Å². The van der Waals surface area contributed by atoms with Crippen molar-refractivity contribution in [2.75, 3.05) is 25.0 Å². The Morgan fingerprint density at radius 3 is 2.45 bits per heavy atom. The zero-order valence-corrected chi connectivity index (χ0v) is 14.2. The first-order chi connectivity index (χ1) is 9.63. The van der Waals surface area contributed by atoms with Gasteiger partial charge < -0.3 is 10.2 Å². The van der Waals surface area contributed by atoms with Crippen molar-refractivity contribution in [3.8, 4) is 0 Å². The Labute approximate surface area is 130 Å². The lowest BCUT2D eigenvalue weighted by Gasteiger charge is -2.22. The van der Waals surface area contributed by atoms with Gasteiger partial charge in [-0.05, 0) is 41.3 Å². The number of carbonyl (C=O) groups is 1. The molecule has 1 aromatic heterocycles. The van der Waals surface area contributed by atoms with E-state index in [0.29, 0.717) is 11.4 Å². The van der Waals surface area contributed by atoms with Gasteiger partial charge >= 0.3 is 0 Å². The maximum atomic E-state index is 12.7. The van der Waals surface area contributed by atoms with E-state index < -0.39 is 0 Å². The second-order valence-corrected chi connectivity index (χ2v) is 5.68. The van der Waals surface area contributed by atoms with Crippen LogP contribution in [-0.4, -0.2) is 35.4 Å². The Morgan fingerprint density at radius 2 is 1.90 bits per heavy atom. The fraction of sp³-hybridized carbons (Fsp3) is 0.600. The third kappa shape index (κ3) is 4.78. The normalized spacial score (nSPS) is 10.4. The van der Waals surface area contributed by atoms with Crippen LogP contribution in [0.2, 0.25) is 0 Å². The summed E-state index contributed by atoms with van der Waals surface area (Å²) in [6, 6.07) is 1.85. The van der Waals surface area contributed by atoms with E-state index in [2.05, 4.69) is 47.0 Å². The molecule has 4 nitrogen and oxygen atoms in total. The maximum Gasteiger partial charge on any atom is 0.257 e. The van der Waals surface area contributed by atoms with Crippen LogP contribution in [0.15, 0.2) is 16.7 Å². The van der Waals surface area contributed by atoms with Crippen molar-refractivity contribution in [1.82, 2.24) is 9.88 Å². The highest BCUT2D eigenvalue weighted by Gasteiger charge is 2.19. The van der Waals surface area contributed by atoms with Crippen LogP contribution in [0.3, 0.4) is 0 Å². The van der Waals surface area contributed by atoms with E-state index in [1.54, 1.807) is 6.20 Å². The summed E-state index contributed by atoms with van der Waals surface area (Å²) in [5, 5.41) is 3.23. The number of nitrogens with zero attached hydrogens (tertiary/aromatic N) is 2. The summed E-state index contributed by atoms with van der Waals surface area (Å²) < 4.78 is 0.829. The lowest BCUT2D eigenvalue weighted by atomic mass is 10.2. The number of pyridine rings is 1. The van der Waals surface area contributed by atoms with Crippen LogP contribution in [0.4, 0.5) is 5.82 Å². The summed E-state index contributed by atoms with van der Waals surface area (Å²) in [5.74, 6) is 0.735. The number of rotatable bonds is 8. The lowest BCUT2D eigenvalue weighted by Crippen LogP contribution is -2.33. The number of anilines is 1. The molecule has 1 N–H and O–H groups in total. The first kappa shape index (κ1) is 17.0. The molecule has 1 rings (SSSR count). The summed E-state index contributed by atoms with van der Waals surface area (Å²) in [6.07, 6.45) is 4.65. The Morgan fingerprint density at radius 1 is 1.25 bits per heavy atom. The molecule has 0 saturated carbocycles. The monoisotopic (exact) mass is 341 g/mol. The van der Waals surface area contributed by atoms with Crippen molar-refractivity contribution < 1.29 is 4.79 Å². The van der Waals surface area contributed by atoms with Crippen LogP contribution < -0.4 is 5.32 Å². The maximum absolute atomic E-state index is 12.7. The number of nitrogens with one attached hydrogen (secondary N) is 1. The van der Waals surface area contributed by atoms with Gasteiger partial charge in [-0.3, -0.25) is 4.79 Å². The molecule has 20 heavy (non-hydrogen) atoms. The zero-order chi connectivity index (χ0) is 15.0. The molecule has 0 aliphatic carbocycles. The summed E-state index contributed by atoms with van der Waals surface area (Å²) in [6.45, 7) is 8.65. The average Bonchev–Trinajstić information content (AvgIpc) is 2.45. The van der Waals surface area contributed by atoms with Gasteiger partial charge in [0.2, 0.25) is 0 Å². The molecule has 0 aliphatic rings. The van der Waals surface area contributed by atoms with Gasteiger partial charge in [-0.25, -0.2) is 4.98 Å². The van der Waals surface area contributed by atoms with Crippen LogP contribution >= 0.6 is 15.9 Å². The minimum atomic E-state index is 0.0566. The molecule has 1 aromatic rings. The molecule has 0 saturated heterocycles. The Kier molecular flexibility index (Phi) is 7.59.